The Morgan fingerprint density at radius 1 is 0.708 bits per heavy atom. The number of Topliss-reactive ketones (excluding diaryl/α,β-unsaturated/α-hetero) is 1. The third-order valence-corrected chi connectivity index (χ3v) is 6.14. The van der Waals surface area contributed by atoms with Gasteiger partial charge in [0.15, 0.2) is 28.6 Å². The third-order valence-electron chi connectivity index (χ3n) is 6.14. The summed E-state index contributed by atoms with van der Waals surface area (Å²) in [5, 5.41) is 0.937. The fraction of sp³-hybridized carbons (Fsp3) is 0.514. The van der Waals surface area contributed by atoms with Crippen LogP contribution >= 0.6 is 0 Å². The molecule has 0 atom stereocenters. The maximum absolute atomic E-state index is 12.9. The maximum Gasteiger partial charge on any atom is 0.514 e. The molecule has 0 aliphatic heterocycles. The van der Waals surface area contributed by atoms with Crippen LogP contribution in [0.15, 0.2) is 34.7 Å². The van der Waals surface area contributed by atoms with Gasteiger partial charge in [0.2, 0.25) is 0 Å². The zero-order valence-electron chi connectivity index (χ0n) is 29.3. The van der Waals surface area contributed by atoms with E-state index in [1.165, 1.54) is 17.9 Å². The van der Waals surface area contributed by atoms with Crippen molar-refractivity contribution in [1.29, 1.82) is 0 Å². The van der Waals surface area contributed by atoms with Gasteiger partial charge in [0.05, 0.1) is 12.0 Å². The molecule has 0 bridgehead atoms. The monoisotopic (exact) mass is 671 g/mol. The third kappa shape index (κ3) is 11.2. The summed E-state index contributed by atoms with van der Waals surface area (Å²) in [6.45, 7) is 16.5. The molecule has 1 aromatic heterocycles. The van der Waals surface area contributed by atoms with E-state index in [0.717, 1.165) is 0 Å². The summed E-state index contributed by atoms with van der Waals surface area (Å²) in [6, 6.07) is 8.07. The molecule has 0 radical (unpaired) electrons. The Bertz CT molecular complexity index is 1670. The predicted molar refractivity (Wildman–Crippen MR) is 175 cm³/mol. The predicted octanol–water partition coefficient (Wildman–Crippen LogP) is 7.98. The fourth-order valence-corrected chi connectivity index (χ4v) is 4.38. The Labute approximate surface area is 279 Å². The highest BCUT2D eigenvalue weighted by Gasteiger charge is 2.28. The zero-order chi connectivity index (χ0) is 36.0. The minimum atomic E-state index is -1.04. The summed E-state index contributed by atoms with van der Waals surface area (Å²) in [6.07, 6.45) is -2.01. The van der Waals surface area contributed by atoms with Crippen molar-refractivity contribution in [3.63, 3.8) is 0 Å². The van der Waals surface area contributed by atoms with E-state index in [-0.39, 0.29) is 47.9 Å². The highest BCUT2D eigenvalue weighted by Crippen LogP contribution is 2.44. The van der Waals surface area contributed by atoms with Crippen LogP contribution in [-0.4, -0.2) is 71.6 Å². The molecule has 13 heteroatoms. The molecule has 1 amide bonds. The van der Waals surface area contributed by atoms with Gasteiger partial charge in [-0.05, 0) is 81.2 Å². The van der Waals surface area contributed by atoms with Gasteiger partial charge in [-0.2, -0.15) is 0 Å². The molecule has 262 valence electrons. The molecule has 3 aromatic rings. The summed E-state index contributed by atoms with van der Waals surface area (Å²) in [5.41, 5.74) is -2.33. The standard InChI is InChI=1S/C35H45NO12/c1-21(37)25-19-24-27(22-15-11-12-16-23(22)28(29(24)43-25)45-32(41)48-35(8,9)10)44-31(40)42-18-14-13-17-36(30(39)47-34(5,6)7)20-26(38)46-33(2,3)4/h11-12,15-16,19H,13-14,17-18,20H2,1-10H3. The highest BCUT2D eigenvalue weighted by molar-refractivity contribution is 6.12. The number of esters is 1. The average molecular weight is 672 g/mol. The van der Waals surface area contributed by atoms with Crippen molar-refractivity contribution in [1.82, 2.24) is 4.90 Å². The Hall–Kier alpha value is -4.81. The zero-order valence-corrected chi connectivity index (χ0v) is 29.3. The smallest absolute Gasteiger partial charge is 0.459 e. The number of ether oxygens (including phenoxy) is 6. The van der Waals surface area contributed by atoms with Gasteiger partial charge >= 0.3 is 24.4 Å². The van der Waals surface area contributed by atoms with Crippen LogP contribution in [0.25, 0.3) is 21.7 Å². The first-order chi connectivity index (χ1) is 22.1. The van der Waals surface area contributed by atoms with Gasteiger partial charge in [-0.1, -0.05) is 24.3 Å². The van der Waals surface area contributed by atoms with E-state index in [0.29, 0.717) is 23.6 Å². The summed E-state index contributed by atoms with van der Waals surface area (Å²) >= 11 is 0. The van der Waals surface area contributed by atoms with Crippen molar-refractivity contribution in [2.75, 3.05) is 19.7 Å². The van der Waals surface area contributed by atoms with Crippen molar-refractivity contribution >= 4 is 51.9 Å². The van der Waals surface area contributed by atoms with Crippen LogP contribution in [0.4, 0.5) is 14.4 Å². The second-order valence-electron chi connectivity index (χ2n) is 14.1. The van der Waals surface area contributed by atoms with Gasteiger partial charge in [-0.15, -0.1) is 0 Å². The van der Waals surface area contributed by atoms with E-state index in [1.807, 2.05) is 0 Å². The first-order valence-corrected chi connectivity index (χ1v) is 15.6. The lowest BCUT2D eigenvalue weighted by atomic mass is 10.1. The van der Waals surface area contributed by atoms with Crippen molar-refractivity contribution in [3.8, 4) is 11.5 Å². The van der Waals surface area contributed by atoms with Gasteiger partial charge in [-0.25, -0.2) is 14.4 Å². The van der Waals surface area contributed by atoms with Gasteiger partial charge in [0.25, 0.3) is 0 Å². The molecular formula is C35H45NO12. The minimum Gasteiger partial charge on any atom is -0.459 e. The van der Waals surface area contributed by atoms with Crippen molar-refractivity contribution in [2.45, 2.75) is 98.9 Å². The molecule has 0 fully saturated rings. The lowest BCUT2D eigenvalue weighted by molar-refractivity contribution is -0.156. The first-order valence-electron chi connectivity index (χ1n) is 15.6. The molecular weight excluding hydrogens is 626 g/mol. The number of nitrogens with zero attached hydrogens (tertiary/aromatic N) is 1. The SMILES string of the molecule is CC(=O)c1cc2c(OC(=O)OCCCCN(CC(=O)OC(C)(C)C)C(=O)OC(C)(C)C)c3ccccc3c(OC(=O)OC(C)(C)C)c2o1. The van der Waals surface area contributed by atoms with E-state index in [4.69, 9.17) is 32.8 Å². The second-order valence-corrected chi connectivity index (χ2v) is 14.1. The highest BCUT2D eigenvalue weighted by atomic mass is 16.7. The van der Waals surface area contributed by atoms with Gasteiger partial charge in [0, 0.05) is 24.2 Å². The number of fused-ring (bicyclic) bond motifs is 2. The van der Waals surface area contributed by atoms with E-state index in [1.54, 1.807) is 86.6 Å². The Morgan fingerprint density at radius 2 is 1.27 bits per heavy atom. The van der Waals surface area contributed by atoms with Crippen LogP contribution in [0, 0.1) is 0 Å². The molecule has 0 saturated carbocycles. The summed E-state index contributed by atoms with van der Waals surface area (Å²) < 4.78 is 38.4. The van der Waals surface area contributed by atoms with Crippen LogP contribution in [0.5, 0.6) is 11.5 Å². The Morgan fingerprint density at radius 3 is 1.83 bits per heavy atom. The molecule has 3 rings (SSSR count). The van der Waals surface area contributed by atoms with Crippen LogP contribution in [0.2, 0.25) is 0 Å². The maximum atomic E-state index is 12.9. The van der Waals surface area contributed by atoms with Gasteiger partial charge in [-0.3, -0.25) is 14.5 Å². The number of rotatable bonds is 10. The van der Waals surface area contributed by atoms with Gasteiger partial charge < -0.3 is 32.8 Å². The molecule has 0 saturated heterocycles. The molecule has 0 spiro atoms. The number of hydrogen-bond acceptors (Lipinski definition) is 12. The largest absolute Gasteiger partial charge is 0.514 e. The van der Waals surface area contributed by atoms with Crippen LogP contribution in [-0.2, 0) is 23.7 Å². The second kappa shape index (κ2) is 15.0. The normalized spacial score (nSPS) is 12.0. The van der Waals surface area contributed by atoms with Crippen molar-refractivity contribution < 1.29 is 56.8 Å². The number of benzene rings is 2. The summed E-state index contributed by atoms with van der Waals surface area (Å²) in [7, 11) is 0. The lowest BCUT2D eigenvalue weighted by Gasteiger charge is -2.28. The molecule has 0 unspecified atom stereocenters. The summed E-state index contributed by atoms with van der Waals surface area (Å²) in [4.78, 5) is 64.2. The van der Waals surface area contributed by atoms with Crippen molar-refractivity contribution in [2.24, 2.45) is 0 Å². The van der Waals surface area contributed by atoms with Crippen molar-refractivity contribution in [3.05, 3.63) is 36.1 Å². The Balaban J connectivity index is 1.75. The topological polar surface area (TPSA) is 157 Å². The van der Waals surface area contributed by atoms with Crippen LogP contribution < -0.4 is 9.47 Å². The molecule has 0 aliphatic carbocycles. The molecule has 13 nitrogen and oxygen atoms in total. The number of amides is 1. The van der Waals surface area contributed by atoms with Gasteiger partial charge in [0.1, 0.15) is 23.3 Å². The number of hydrogen-bond donors (Lipinski definition) is 0. The number of ketones is 1. The molecule has 2 aromatic carbocycles. The molecule has 48 heavy (non-hydrogen) atoms. The van der Waals surface area contributed by atoms with Crippen LogP contribution in [0.1, 0.15) is 92.6 Å². The fourth-order valence-electron chi connectivity index (χ4n) is 4.38. The molecule has 0 aliphatic rings. The van der Waals surface area contributed by atoms with E-state index in [9.17, 15) is 24.0 Å². The molecule has 0 N–H and O–H groups in total. The summed E-state index contributed by atoms with van der Waals surface area (Å²) in [5.74, 6) is -1.01. The Kier molecular flexibility index (Phi) is 11.7. The van der Waals surface area contributed by atoms with E-state index >= 15 is 0 Å². The number of carbonyl (C=O) groups excluding carboxylic acids is 5. The average Bonchev–Trinajstić information content (AvgIpc) is 3.37. The van der Waals surface area contributed by atoms with Crippen LogP contribution in [0.3, 0.4) is 0 Å². The number of carbonyl (C=O) groups is 5. The number of unbranched alkanes of at least 4 members (excludes halogenated alkanes) is 1. The quantitative estimate of drug-likeness (QED) is 0.0674. The minimum absolute atomic E-state index is 0.000203. The van der Waals surface area contributed by atoms with E-state index < -0.39 is 47.0 Å². The van der Waals surface area contributed by atoms with E-state index in [2.05, 4.69) is 0 Å². The lowest BCUT2D eigenvalue weighted by Crippen LogP contribution is -2.42. The first kappa shape index (κ1) is 37.6. The number of furan rings is 1. The molecule has 1 heterocycles.